The van der Waals surface area contributed by atoms with Crippen molar-refractivity contribution in [3.05, 3.63) is 114 Å². The molecule has 2 aromatic heterocycles. The molecule has 0 bridgehead atoms. The van der Waals surface area contributed by atoms with Crippen LogP contribution in [0.4, 0.5) is 10.1 Å². The third-order valence-electron chi connectivity index (χ3n) is 10.8. The third kappa shape index (κ3) is 12.0. The number of nitrogens with one attached hydrogen (secondary N) is 3. The first kappa shape index (κ1) is 47.6. The molecule has 1 saturated heterocycles. The van der Waals surface area contributed by atoms with Crippen molar-refractivity contribution in [2.75, 3.05) is 18.5 Å². The fourth-order valence-electron chi connectivity index (χ4n) is 7.88. The molecule has 0 radical (unpaired) electrons. The lowest BCUT2D eigenvalue weighted by Gasteiger charge is -2.42. The average Bonchev–Trinajstić information content (AvgIpc) is 3.88. The van der Waals surface area contributed by atoms with Gasteiger partial charge in [-0.15, -0.1) is 5.10 Å². The number of anilines is 1. The van der Waals surface area contributed by atoms with Crippen LogP contribution >= 0.6 is 0 Å². The molecule has 3 aromatic carbocycles. The number of aliphatic hydroxyl groups excluding tert-OH is 5. The van der Waals surface area contributed by atoms with Crippen LogP contribution in [0.5, 0.6) is 0 Å². The Morgan fingerprint density at radius 2 is 1.59 bits per heavy atom. The molecule has 3 amide bonds. The second-order valence-electron chi connectivity index (χ2n) is 16.1. The summed E-state index contributed by atoms with van der Waals surface area (Å²) in [5, 5.41) is 68.7. The smallest absolute Gasteiger partial charge is 0.258 e. The zero-order chi connectivity index (χ0) is 45.9. The molecule has 18 heteroatoms. The maximum atomic E-state index is 14.3. The van der Waals surface area contributed by atoms with Crippen molar-refractivity contribution < 1.29 is 53.8 Å². The molecule has 3 heterocycles. The van der Waals surface area contributed by atoms with Crippen molar-refractivity contribution in [2.45, 2.75) is 108 Å². The van der Waals surface area contributed by atoms with Crippen LogP contribution in [0.2, 0.25) is 0 Å². The molecular formula is C46H56FN7O10. The minimum atomic E-state index is -1.45. The number of halogens is 1. The lowest BCUT2D eigenvalue weighted by atomic mass is 9.94. The van der Waals surface area contributed by atoms with Gasteiger partial charge in [0.15, 0.2) is 6.29 Å². The van der Waals surface area contributed by atoms with Gasteiger partial charge in [-0.1, -0.05) is 67.6 Å². The molecule has 8 N–H and O–H groups in total. The summed E-state index contributed by atoms with van der Waals surface area (Å²) >= 11 is 0. The van der Waals surface area contributed by atoms with Crippen molar-refractivity contribution >= 4 is 23.4 Å². The SMILES string of the molecule is CC(=O)N[C@H]1[C@H](OCCn2cc(CNC(=O)C[C@H](O)C[C@H](O)CCn3c(-c4ccc(F)cc4)c(-c4ccccc4)c(C(=O)Nc4ccccc4)c3C(C)C)nn2)O[C@H](CO)[C@H](O)[C@@H]1O. The molecule has 17 nitrogen and oxygen atoms in total. The average molecular weight is 886 g/mol. The van der Waals surface area contributed by atoms with Gasteiger partial charge in [-0.2, -0.15) is 0 Å². The zero-order valence-electron chi connectivity index (χ0n) is 35.9. The van der Waals surface area contributed by atoms with Crippen molar-refractivity contribution in [2.24, 2.45) is 0 Å². The second kappa shape index (κ2) is 22.2. The van der Waals surface area contributed by atoms with E-state index in [0.717, 1.165) is 5.56 Å². The number of ether oxygens (including phenoxy) is 2. The van der Waals surface area contributed by atoms with Gasteiger partial charge in [-0.3, -0.25) is 14.4 Å². The minimum Gasteiger partial charge on any atom is -0.394 e. The Hall–Kier alpha value is -5.86. The summed E-state index contributed by atoms with van der Waals surface area (Å²) in [7, 11) is 0. The standard InChI is InChI=1S/C46H56FN7O10/c1-27(2)41-39(45(62)50-32-12-8-5-9-13-32)38(29-10-6-4-7-11-29)42(30-14-16-31(47)17-15-30)54(41)19-18-34(57)22-35(58)23-37(59)48-24-33-25-53(52-51-33)20-21-63-46-40(49-28(3)56)44(61)43(60)36(26-55)64-46/h4-17,25,27,34-36,40,43-44,46,55,57-58,60-61H,18-24,26H2,1-3H3,(H,48,59)(H,49,56)(H,50,62)/t34-,35-,36-,40-,43+,44-,46-/m1/s1. The molecule has 0 unspecified atom stereocenters. The van der Waals surface area contributed by atoms with Crippen molar-refractivity contribution in [3.63, 3.8) is 0 Å². The quantitative estimate of drug-likeness (QED) is 0.0563. The molecule has 0 aliphatic carbocycles. The van der Waals surface area contributed by atoms with E-state index in [-0.39, 0.29) is 57.3 Å². The highest BCUT2D eigenvalue weighted by molar-refractivity contribution is 6.12. The van der Waals surface area contributed by atoms with Crippen LogP contribution < -0.4 is 16.0 Å². The number of aromatic nitrogens is 4. The van der Waals surface area contributed by atoms with Gasteiger partial charge in [0, 0.05) is 30.4 Å². The van der Waals surface area contributed by atoms with Gasteiger partial charge in [-0.05, 0) is 66.3 Å². The van der Waals surface area contributed by atoms with Crippen molar-refractivity contribution in [3.8, 4) is 22.4 Å². The van der Waals surface area contributed by atoms with E-state index in [1.807, 2.05) is 66.9 Å². The summed E-state index contributed by atoms with van der Waals surface area (Å²) in [5.41, 5.74) is 4.98. The molecule has 1 aliphatic heterocycles. The zero-order valence-corrected chi connectivity index (χ0v) is 35.9. The van der Waals surface area contributed by atoms with Crippen LogP contribution in [0.25, 0.3) is 22.4 Å². The number of rotatable bonds is 20. The molecule has 6 rings (SSSR count). The van der Waals surface area contributed by atoms with E-state index in [1.165, 1.54) is 23.7 Å². The van der Waals surface area contributed by atoms with Gasteiger partial charge in [0.2, 0.25) is 11.8 Å². The fourth-order valence-corrected chi connectivity index (χ4v) is 7.88. The van der Waals surface area contributed by atoms with Gasteiger partial charge in [0.1, 0.15) is 35.9 Å². The number of hydrogen-bond acceptors (Lipinski definition) is 12. The van der Waals surface area contributed by atoms with E-state index >= 15 is 0 Å². The van der Waals surface area contributed by atoms with E-state index in [4.69, 9.17) is 9.47 Å². The summed E-state index contributed by atoms with van der Waals surface area (Å²) < 4.78 is 29.0. The molecule has 0 saturated carbocycles. The fraction of sp³-hybridized carbons (Fsp3) is 0.413. The third-order valence-corrected chi connectivity index (χ3v) is 10.8. The van der Waals surface area contributed by atoms with Gasteiger partial charge < -0.3 is 55.5 Å². The minimum absolute atomic E-state index is 0.00469. The molecule has 1 aliphatic rings. The topological polar surface area (TPSA) is 243 Å². The summed E-state index contributed by atoms with van der Waals surface area (Å²) in [5.74, 6) is -1.86. The van der Waals surface area contributed by atoms with E-state index in [9.17, 15) is 44.3 Å². The van der Waals surface area contributed by atoms with Crippen molar-refractivity contribution in [1.29, 1.82) is 0 Å². The maximum Gasteiger partial charge on any atom is 0.258 e. The van der Waals surface area contributed by atoms with Gasteiger partial charge in [0.05, 0.1) is 62.4 Å². The first-order chi connectivity index (χ1) is 30.7. The number of carbonyl (C=O) groups excluding carboxylic acids is 3. The van der Waals surface area contributed by atoms with Gasteiger partial charge in [0.25, 0.3) is 5.91 Å². The van der Waals surface area contributed by atoms with E-state index in [2.05, 4.69) is 26.3 Å². The summed E-state index contributed by atoms with van der Waals surface area (Å²) in [4.78, 5) is 38.9. The highest BCUT2D eigenvalue weighted by Gasteiger charge is 2.45. The molecular weight excluding hydrogens is 830 g/mol. The maximum absolute atomic E-state index is 14.3. The Labute approximate surface area is 369 Å². The number of benzene rings is 3. The van der Waals surface area contributed by atoms with E-state index in [1.54, 1.807) is 30.5 Å². The molecule has 342 valence electrons. The van der Waals surface area contributed by atoms with Crippen LogP contribution in [0.15, 0.2) is 91.1 Å². The lowest BCUT2D eigenvalue weighted by molar-refractivity contribution is -0.270. The predicted molar refractivity (Wildman–Crippen MR) is 233 cm³/mol. The summed E-state index contributed by atoms with van der Waals surface area (Å²) in [6, 6.07) is 23.6. The number of nitrogens with zero attached hydrogens (tertiary/aromatic N) is 4. The Bertz CT molecular complexity index is 2310. The second-order valence-corrected chi connectivity index (χ2v) is 16.1. The highest BCUT2D eigenvalue weighted by Crippen LogP contribution is 2.43. The first-order valence-corrected chi connectivity index (χ1v) is 21.2. The first-order valence-electron chi connectivity index (χ1n) is 21.2. The van der Waals surface area contributed by atoms with Crippen LogP contribution in [-0.4, -0.2) is 119 Å². The monoisotopic (exact) mass is 885 g/mol. The predicted octanol–water partition coefficient (Wildman–Crippen LogP) is 3.10. The normalized spacial score (nSPS) is 19.6. The molecule has 7 atom stereocenters. The summed E-state index contributed by atoms with van der Waals surface area (Å²) in [6.45, 7) is 5.00. The number of hydrogen-bond donors (Lipinski definition) is 8. The van der Waals surface area contributed by atoms with Gasteiger partial charge >= 0.3 is 0 Å². The molecule has 1 fully saturated rings. The largest absolute Gasteiger partial charge is 0.394 e. The number of amides is 3. The summed E-state index contributed by atoms with van der Waals surface area (Å²) in [6.07, 6.45) is -6.08. The van der Waals surface area contributed by atoms with Crippen LogP contribution in [0.1, 0.15) is 67.7 Å². The van der Waals surface area contributed by atoms with E-state index < -0.39 is 67.1 Å². The molecule has 5 aromatic rings. The number of aliphatic hydroxyl groups is 5. The highest BCUT2D eigenvalue weighted by atomic mass is 19.1. The Kier molecular flexibility index (Phi) is 16.5. The molecule has 64 heavy (non-hydrogen) atoms. The number of carbonyl (C=O) groups is 3. The van der Waals surface area contributed by atoms with Crippen LogP contribution in [-0.2, 0) is 38.7 Å². The molecule has 0 spiro atoms. The van der Waals surface area contributed by atoms with Crippen LogP contribution in [0, 0.1) is 5.82 Å². The lowest BCUT2D eigenvalue weighted by Crippen LogP contribution is -2.64. The Morgan fingerprint density at radius 3 is 2.25 bits per heavy atom. The van der Waals surface area contributed by atoms with Crippen molar-refractivity contribution in [1.82, 2.24) is 30.2 Å². The van der Waals surface area contributed by atoms with E-state index in [0.29, 0.717) is 39.5 Å². The van der Waals surface area contributed by atoms with Gasteiger partial charge in [-0.25, -0.2) is 9.07 Å². The van der Waals surface area contributed by atoms with Crippen LogP contribution in [0.3, 0.4) is 0 Å². The Morgan fingerprint density at radius 1 is 0.906 bits per heavy atom. The number of para-hydroxylation sites is 1. The Balaban J connectivity index is 1.08.